The number of carbonyl (C=O) groups is 2. The van der Waals surface area contributed by atoms with Gasteiger partial charge in [0.2, 0.25) is 0 Å². The predicted octanol–water partition coefficient (Wildman–Crippen LogP) is -0.341. The van der Waals surface area contributed by atoms with Gasteiger partial charge in [0, 0.05) is 6.42 Å². The standard InChI is InChI=1S/C8H8O6/c9-3-1-4(7(11)12)6(10)5(2-3)8(13)14/h1,3,9-10H,2H2,(H,11,12)(H,13,14). The van der Waals surface area contributed by atoms with Crippen LogP contribution in [0.25, 0.3) is 0 Å². The van der Waals surface area contributed by atoms with Gasteiger partial charge in [-0.1, -0.05) is 0 Å². The molecule has 0 saturated heterocycles. The topological polar surface area (TPSA) is 115 Å². The monoisotopic (exact) mass is 200 g/mol. The molecule has 6 nitrogen and oxygen atoms in total. The fourth-order valence-corrected chi connectivity index (χ4v) is 1.16. The zero-order valence-electron chi connectivity index (χ0n) is 6.97. The first-order chi connectivity index (χ1) is 6.43. The van der Waals surface area contributed by atoms with Crippen molar-refractivity contribution in [1.29, 1.82) is 0 Å². The fraction of sp³-hybridized carbons (Fsp3) is 0.250. The number of aliphatic carboxylic acids is 2. The molecule has 0 radical (unpaired) electrons. The van der Waals surface area contributed by atoms with E-state index in [1.54, 1.807) is 0 Å². The minimum absolute atomic E-state index is 0.294. The lowest BCUT2D eigenvalue weighted by atomic mass is 9.95. The number of rotatable bonds is 2. The summed E-state index contributed by atoms with van der Waals surface area (Å²) < 4.78 is 0. The van der Waals surface area contributed by atoms with E-state index in [-0.39, 0.29) is 6.42 Å². The largest absolute Gasteiger partial charge is 0.506 e. The SMILES string of the molecule is O=C(O)C1=CC(O)CC(C(=O)O)=C1O. The van der Waals surface area contributed by atoms with Crippen LogP contribution in [0, 0.1) is 0 Å². The highest BCUT2D eigenvalue weighted by molar-refractivity contribution is 5.97. The average Bonchev–Trinajstić information content (AvgIpc) is 2.07. The summed E-state index contributed by atoms with van der Waals surface area (Å²) in [6.07, 6.45) is -0.578. The highest BCUT2D eigenvalue weighted by Gasteiger charge is 2.28. The van der Waals surface area contributed by atoms with Crippen LogP contribution in [-0.4, -0.2) is 38.5 Å². The van der Waals surface area contributed by atoms with Gasteiger partial charge in [-0.15, -0.1) is 0 Å². The number of carboxylic acid groups (broad SMARTS) is 2. The summed E-state index contributed by atoms with van der Waals surface area (Å²) in [5, 5.41) is 35.5. The zero-order chi connectivity index (χ0) is 10.9. The Bertz CT molecular complexity index is 351. The van der Waals surface area contributed by atoms with E-state index < -0.39 is 34.9 Å². The van der Waals surface area contributed by atoms with Gasteiger partial charge in [-0.3, -0.25) is 0 Å². The van der Waals surface area contributed by atoms with Gasteiger partial charge in [0.05, 0.1) is 11.7 Å². The van der Waals surface area contributed by atoms with Crippen molar-refractivity contribution in [3.05, 3.63) is 23.0 Å². The Morgan fingerprint density at radius 2 is 1.86 bits per heavy atom. The Morgan fingerprint density at radius 1 is 1.29 bits per heavy atom. The van der Waals surface area contributed by atoms with Crippen molar-refractivity contribution in [3.8, 4) is 0 Å². The molecular weight excluding hydrogens is 192 g/mol. The average molecular weight is 200 g/mol. The fourth-order valence-electron chi connectivity index (χ4n) is 1.16. The summed E-state index contributed by atoms with van der Waals surface area (Å²) in [5.74, 6) is -3.70. The van der Waals surface area contributed by atoms with Crippen LogP contribution < -0.4 is 0 Å². The van der Waals surface area contributed by atoms with Gasteiger partial charge >= 0.3 is 11.9 Å². The van der Waals surface area contributed by atoms with Crippen molar-refractivity contribution in [1.82, 2.24) is 0 Å². The molecule has 1 aliphatic carbocycles. The molecule has 0 heterocycles. The number of aliphatic hydroxyl groups is 2. The van der Waals surface area contributed by atoms with Crippen molar-refractivity contribution in [2.45, 2.75) is 12.5 Å². The van der Waals surface area contributed by atoms with Crippen LogP contribution in [0.2, 0.25) is 0 Å². The predicted molar refractivity (Wildman–Crippen MR) is 43.6 cm³/mol. The van der Waals surface area contributed by atoms with Crippen molar-refractivity contribution >= 4 is 11.9 Å². The van der Waals surface area contributed by atoms with Crippen LogP contribution in [-0.2, 0) is 9.59 Å². The second kappa shape index (κ2) is 3.51. The smallest absolute Gasteiger partial charge is 0.339 e. The van der Waals surface area contributed by atoms with Crippen molar-refractivity contribution in [3.63, 3.8) is 0 Å². The molecule has 1 aliphatic rings. The van der Waals surface area contributed by atoms with E-state index in [9.17, 15) is 14.7 Å². The van der Waals surface area contributed by atoms with Crippen LogP contribution in [0.4, 0.5) is 0 Å². The van der Waals surface area contributed by atoms with Gasteiger partial charge < -0.3 is 20.4 Å². The third-order valence-corrected chi connectivity index (χ3v) is 1.80. The summed E-state index contributed by atoms with van der Waals surface area (Å²) in [6.45, 7) is 0. The molecule has 4 N–H and O–H groups in total. The summed E-state index contributed by atoms with van der Waals surface area (Å²) in [5.41, 5.74) is -1.07. The van der Waals surface area contributed by atoms with Gasteiger partial charge in [-0.05, 0) is 6.08 Å². The second-order valence-electron chi connectivity index (χ2n) is 2.79. The maximum atomic E-state index is 10.5. The molecule has 0 saturated carbocycles. The number of aliphatic hydroxyl groups excluding tert-OH is 2. The van der Waals surface area contributed by atoms with Crippen molar-refractivity contribution in [2.75, 3.05) is 0 Å². The molecular formula is C8H8O6. The van der Waals surface area contributed by atoms with Crippen molar-refractivity contribution < 1.29 is 30.0 Å². The molecule has 1 atom stereocenters. The van der Waals surface area contributed by atoms with E-state index in [1.807, 2.05) is 0 Å². The number of hydrogen-bond donors (Lipinski definition) is 4. The van der Waals surface area contributed by atoms with Crippen LogP contribution in [0.15, 0.2) is 23.0 Å². The van der Waals surface area contributed by atoms with Crippen LogP contribution in [0.1, 0.15) is 6.42 Å². The van der Waals surface area contributed by atoms with Gasteiger partial charge in [0.1, 0.15) is 11.3 Å². The number of hydrogen-bond acceptors (Lipinski definition) is 4. The zero-order valence-corrected chi connectivity index (χ0v) is 6.97. The Balaban J connectivity index is 3.18. The van der Waals surface area contributed by atoms with E-state index in [1.165, 1.54) is 0 Å². The summed E-state index contributed by atoms with van der Waals surface area (Å²) in [7, 11) is 0. The molecule has 0 aromatic carbocycles. The molecule has 1 rings (SSSR count). The maximum Gasteiger partial charge on any atom is 0.339 e. The molecule has 0 amide bonds. The van der Waals surface area contributed by atoms with Crippen LogP contribution in [0.3, 0.4) is 0 Å². The Morgan fingerprint density at radius 3 is 2.29 bits per heavy atom. The lowest BCUT2D eigenvalue weighted by molar-refractivity contribution is -0.133. The molecule has 0 bridgehead atoms. The third kappa shape index (κ3) is 1.74. The highest BCUT2D eigenvalue weighted by Crippen LogP contribution is 2.23. The van der Waals surface area contributed by atoms with E-state index in [4.69, 9.17) is 15.3 Å². The van der Waals surface area contributed by atoms with Crippen LogP contribution >= 0.6 is 0 Å². The summed E-state index contributed by atoms with van der Waals surface area (Å²) >= 11 is 0. The molecule has 14 heavy (non-hydrogen) atoms. The second-order valence-corrected chi connectivity index (χ2v) is 2.79. The molecule has 0 aromatic heterocycles. The van der Waals surface area contributed by atoms with Crippen LogP contribution in [0.5, 0.6) is 0 Å². The van der Waals surface area contributed by atoms with Crippen molar-refractivity contribution in [2.24, 2.45) is 0 Å². The molecule has 76 valence electrons. The van der Waals surface area contributed by atoms with Gasteiger partial charge in [0.15, 0.2) is 0 Å². The normalized spacial score (nSPS) is 21.8. The lowest BCUT2D eigenvalue weighted by Gasteiger charge is -2.16. The maximum absolute atomic E-state index is 10.5. The Kier molecular flexibility index (Phi) is 2.57. The Labute approximate surface area is 78.4 Å². The molecule has 1 unspecified atom stereocenters. The van der Waals surface area contributed by atoms with E-state index in [0.717, 1.165) is 6.08 Å². The Hall–Kier alpha value is -1.82. The first-order valence-corrected chi connectivity index (χ1v) is 3.72. The highest BCUT2D eigenvalue weighted by atomic mass is 16.4. The molecule has 0 aliphatic heterocycles. The van der Waals surface area contributed by atoms with Gasteiger partial charge in [0.25, 0.3) is 0 Å². The summed E-state index contributed by atoms with van der Waals surface area (Å²) in [6, 6.07) is 0. The minimum Gasteiger partial charge on any atom is -0.506 e. The summed E-state index contributed by atoms with van der Waals surface area (Å²) in [4.78, 5) is 21.0. The molecule has 0 spiro atoms. The third-order valence-electron chi connectivity index (χ3n) is 1.80. The van der Waals surface area contributed by atoms with Gasteiger partial charge in [-0.25, -0.2) is 9.59 Å². The van der Waals surface area contributed by atoms with Gasteiger partial charge in [-0.2, -0.15) is 0 Å². The lowest BCUT2D eigenvalue weighted by Crippen LogP contribution is -2.21. The molecule has 0 aromatic rings. The number of carboxylic acids is 2. The first kappa shape index (κ1) is 10.3. The quantitative estimate of drug-likeness (QED) is 0.484. The van der Waals surface area contributed by atoms with E-state index in [2.05, 4.69) is 0 Å². The minimum atomic E-state index is -1.47. The first-order valence-electron chi connectivity index (χ1n) is 3.72. The van der Waals surface area contributed by atoms with E-state index in [0.29, 0.717) is 0 Å². The van der Waals surface area contributed by atoms with E-state index >= 15 is 0 Å². The molecule has 6 heteroatoms. The molecule has 0 fully saturated rings.